The standard InChI is InChI=1S/C13H17N3O4/c1-14-13(18)9-4-5-11(12(7-9)16(19)20)15-6-2-3-10(15)8-17/h4-5,7,10,17H,2-3,6,8H2,1H3,(H,14,18). The molecule has 1 fully saturated rings. The first kappa shape index (κ1) is 14.3. The first-order valence-electron chi connectivity index (χ1n) is 6.46. The van der Waals surface area contributed by atoms with E-state index in [-0.39, 0.29) is 29.8 Å². The number of aliphatic hydroxyl groups is 1. The molecule has 1 heterocycles. The molecule has 0 spiro atoms. The highest BCUT2D eigenvalue weighted by Gasteiger charge is 2.29. The third kappa shape index (κ3) is 2.57. The van der Waals surface area contributed by atoms with Crippen molar-refractivity contribution in [2.75, 3.05) is 25.1 Å². The lowest BCUT2D eigenvalue weighted by Gasteiger charge is -2.25. The van der Waals surface area contributed by atoms with Crippen LogP contribution in [-0.2, 0) is 0 Å². The van der Waals surface area contributed by atoms with Crippen LogP contribution in [0.25, 0.3) is 0 Å². The van der Waals surface area contributed by atoms with Crippen molar-refractivity contribution in [3.8, 4) is 0 Å². The highest BCUT2D eigenvalue weighted by molar-refractivity contribution is 5.95. The molecule has 20 heavy (non-hydrogen) atoms. The lowest BCUT2D eigenvalue weighted by Crippen LogP contribution is -2.32. The molecule has 1 aliphatic rings. The fraction of sp³-hybridized carbons (Fsp3) is 0.462. The summed E-state index contributed by atoms with van der Waals surface area (Å²) >= 11 is 0. The van der Waals surface area contributed by atoms with E-state index in [0.717, 1.165) is 12.8 Å². The Labute approximate surface area is 116 Å². The Hall–Kier alpha value is -2.15. The van der Waals surface area contributed by atoms with Crippen molar-refractivity contribution in [1.29, 1.82) is 0 Å². The molecule has 0 aliphatic carbocycles. The lowest BCUT2D eigenvalue weighted by atomic mass is 10.1. The van der Waals surface area contributed by atoms with Gasteiger partial charge in [-0.25, -0.2) is 0 Å². The molecule has 7 nitrogen and oxygen atoms in total. The summed E-state index contributed by atoms with van der Waals surface area (Å²) in [4.78, 5) is 24.1. The van der Waals surface area contributed by atoms with Crippen molar-refractivity contribution < 1.29 is 14.8 Å². The topological polar surface area (TPSA) is 95.7 Å². The van der Waals surface area contributed by atoms with Crippen LogP contribution in [0, 0.1) is 10.1 Å². The molecule has 7 heteroatoms. The molecule has 2 rings (SSSR count). The lowest BCUT2D eigenvalue weighted by molar-refractivity contribution is -0.384. The maximum atomic E-state index is 11.6. The minimum absolute atomic E-state index is 0.0334. The van der Waals surface area contributed by atoms with Gasteiger partial charge in [0.15, 0.2) is 0 Å². The van der Waals surface area contributed by atoms with Crippen LogP contribution in [0.2, 0.25) is 0 Å². The summed E-state index contributed by atoms with van der Waals surface area (Å²) in [5.74, 6) is -0.361. The molecule has 0 radical (unpaired) electrons. The van der Waals surface area contributed by atoms with Gasteiger partial charge in [0.25, 0.3) is 11.6 Å². The summed E-state index contributed by atoms with van der Waals surface area (Å²) in [5.41, 5.74) is 0.605. The molecule has 1 aromatic rings. The molecule has 1 saturated heterocycles. The number of nitro benzene ring substituents is 1. The number of carbonyl (C=O) groups is 1. The fourth-order valence-corrected chi connectivity index (χ4v) is 2.54. The monoisotopic (exact) mass is 279 g/mol. The summed E-state index contributed by atoms with van der Waals surface area (Å²) < 4.78 is 0. The zero-order valence-corrected chi connectivity index (χ0v) is 11.2. The van der Waals surface area contributed by atoms with Crippen LogP contribution in [0.15, 0.2) is 18.2 Å². The van der Waals surface area contributed by atoms with E-state index in [1.165, 1.54) is 13.1 Å². The molecule has 0 saturated carbocycles. The van der Waals surface area contributed by atoms with Crippen molar-refractivity contribution in [2.45, 2.75) is 18.9 Å². The minimum atomic E-state index is -0.492. The molecular formula is C13H17N3O4. The zero-order chi connectivity index (χ0) is 14.7. The number of hydrogen-bond donors (Lipinski definition) is 2. The van der Waals surface area contributed by atoms with E-state index in [9.17, 15) is 20.0 Å². The van der Waals surface area contributed by atoms with Crippen molar-refractivity contribution in [3.63, 3.8) is 0 Å². The number of rotatable bonds is 4. The van der Waals surface area contributed by atoms with E-state index in [2.05, 4.69) is 5.32 Å². The Morgan fingerprint density at radius 3 is 2.95 bits per heavy atom. The number of anilines is 1. The Morgan fingerprint density at radius 1 is 1.60 bits per heavy atom. The maximum Gasteiger partial charge on any atom is 0.293 e. The van der Waals surface area contributed by atoms with E-state index in [4.69, 9.17) is 0 Å². The fourth-order valence-electron chi connectivity index (χ4n) is 2.54. The van der Waals surface area contributed by atoms with Crippen LogP contribution in [-0.4, -0.2) is 42.2 Å². The van der Waals surface area contributed by atoms with E-state index < -0.39 is 4.92 Å². The number of nitro groups is 1. The third-order valence-electron chi connectivity index (χ3n) is 3.56. The molecule has 1 amide bonds. The SMILES string of the molecule is CNC(=O)c1ccc(N2CCCC2CO)c([N+](=O)[O-])c1. The van der Waals surface area contributed by atoms with Gasteiger partial charge in [-0.3, -0.25) is 14.9 Å². The van der Waals surface area contributed by atoms with Gasteiger partial charge in [0.2, 0.25) is 0 Å². The molecule has 0 bridgehead atoms. The van der Waals surface area contributed by atoms with Crippen LogP contribution in [0.4, 0.5) is 11.4 Å². The number of amides is 1. The van der Waals surface area contributed by atoms with Crippen LogP contribution in [0.3, 0.4) is 0 Å². The maximum absolute atomic E-state index is 11.6. The summed E-state index contributed by atoms with van der Waals surface area (Å²) in [6.07, 6.45) is 1.70. The Kier molecular flexibility index (Phi) is 4.19. The quantitative estimate of drug-likeness (QED) is 0.631. The summed E-state index contributed by atoms with van der Waals surface area (Å²) in [6, 6.07) is 4.32. The van der Waals surface area contributed by atoms with Gasteiger partial charge in [0.05, 0.1) is 17.6 Å². The van der Waals surface area contributed by atoms with Crippen molar-refractivity contribution in [1.82, 2.24) is 5.32 Å². The Morgan fingerprint density at radius 2 is 2.35 bits per heavy atom. The van der Waals surface area contributed by atoms with Gasteiger partial charge in [-0.05, 0) is 25.0 Å². The van der Waals surface area contributed by atoms with Gasteiger partial charge >= 0.3 is 0 Å². The molecule has 1 unspecified atom stereocenters. The largest absolute Gasteiger partial charge is 0.394 e. The zero-order valence-electron chi connectivity index (χ0n) is 11.2. The van der Waals surface area contributed by atoms with Crippen molar-refractivity contribution >= 4 is 17.3 Å². The second kappa shape index (κ2) is 5.87. The number of nitrogens with zero attached hydrogens (tertiary/aromatic N) is 2. The molecule has 0 aromatic heterocycles. The molecular weight excluding hydrogens is 262 g/mol. The Bertz CT molecular complexity index is 532. The molecule has 1 atom stereocenters. The van der Waals surface area contributed by atoms with Crippen LogP contribution in [0.1, 0.15) is 23.2 Å². The number of nitrogens with one attached hydrogen (secondary N) is 1. The average molecular weight is 279 g/mol. The van der Waals surface area contributed by atoms with Crippen LogP contribution < -0.4 is 10.2 Å². The Balaban J connectivity index is 2.42. The van der Waals surface area contributed by atoms with E-state index >= 15 is 0 Å². The highest BCUT2D eigenvalue weighted by Crippen LogP contribution is 2.34. The molecule has 1 aromatic carbocycles. The van der Waals surface area contributed by atoms with Gasteiger partial charge < -0.3 is 15.3 Å². The number of aliphatic hydroxyl groups excluding tert-OH is 1. The molecule has 2 N–H and O–H groups in total. The molecule has 108 valence electrons. The van der Waals surface area contributed by atoms with Crippen LogP contribution >= 0.6 is 0 Å². The first-order chi connectivity index (χ1) is 9.58. The van der Waals surface area contributed by atoms with E-state index in [1.807, 2.05) is 4.90 Å². The first-order valence-corrected chi connectivity index (χ1v) is 6.46. The predicted molar refractivity (Wildman–Crippen MR) is 73.9 cm³/mol. The van der Waals surface area contributed by atoms with E-state index in [1.54, 1.807) is 12.1 Å². The second-order valence-corrected chi connectivity index (χ2v) is 4.71. The van der Waals surface area contributed by atoms with E-state index in [0.29, 0.717) is 12.2 Å². The van der Waals surface area contributed by atoms with Crippen molar-refractivity contribution in [2.24, 2.45) is 0 Å². The van der Waals surface area contributed by atoms with Gasteiger partial charge in [-0.2, -0.15) is 0 Å². The number of benzene rings is 1. The average Bonchev–Trinajstić information content (AvgIpc) is 2.93. The second-order valence-electron chi connectivity index (χ2n) is 4.71. The summed E-state index contributed by atoms with van der Waals surface area (Å²) in [7, 11) is 1.48. The summed E-state index contributed by atoms with van der Waals surface area (Å²) in [6.45, 7) is 0.639. The highest BCUT2D eigenvalue weighted by atomic mass is 16.6. The normalized spacial score (nSPS) is 18.1. The molecule has 1 aliphatic heterocycles. The van der Waals surface area contributed by atoms with Gasteiger partial charge in [0.1, 0.15) is 5.69 Å². The van der Waals surface area contributed by atoms with Gasteiger partial charge in [-0.15, -0.1) is 0 Å². The number of carbonyl (C=O) groups excluding carboxylic acids is 1. The smallest absolute Gasteiger partial charge is 0.293 e. The predicted octanol–water partition coefficient (Wildman–Crippen LogP) is 0.916. The third-order valence-corrected chi connectivity index (χ3v) is 3.56. The van der Waals surface area contributed by atoms with Gasteiger partial charge in [-0.1, -0.05) is 0 Å². The number of hydrogen-bond acceptors (Lipinski definition) is 5. The summed E-state index contributed by atoms with van der Waals surface area (Å²) in [5, 5.41) is 23.0. The van der Waals surface area contributed by atoms with Crippen LogP contribution in [0.5, 0.6) is 0 Å². The van der Waals surface area contributed by atoms with Gasteiger partial charge in [0, 0.05) is 25.2 Å². The van der Waals surface area contributed by atoms with Crippen molar-refractivity contribution in [3.05, 3.63) is 33.9 Å². The minimum Gasteiger partial charge on any atom is -0.394 e.